The molecule has 0 spiro atoms. The molecule has 2 aromatic carbocycles. The quantitative estimate of drug-likeness (QED) is 0.777. The maximum absolute atomic E-state index is 12.8. The molecule has 1 saturated heterocycles. The summed E-state index contributed by atoms with van der Waals surface area (Å²) in [7, 11) is -1.83. The first kappa shape index (κ1) is 16.2. The molecule has 1 aromatic heterocycles. The number of hydrogen-bond acceptors (Lipinski definition) is 5. The van der Waals surface area contributed by atoms with E-state index in [1.807, 2.05) is 42.5 Å². The van der Waals surface area contributed by atoms with E-state index in [2.05, 4.69) is 15.5 Å². The van der Waals surface area contributed by atoms with Crippen molar-refractivity contribution in [3.63, 3.8) is 0 Å². The topological polar surface area (TPSA) is 76.9 Å². The Kier molecular flexibility index (Phi) is 4.05. The molecule has 0 saturated carbocycles. The van der Waals surface area contributed by atoms with Gasteiger partial charge in [-0.1, -0.05) is 42.5 Å². The first-order chi connectivity index (χ1) is 12.0. The molecule has 130 valence electrons. The summed E-state index contributed by atoms with van der Waals surface area (Å²) in [4.78, 5) is 0. The molecule has 4 rings (SSSR count). The monoisotopic (exact) mass is 356 g/mol. The number of rotatable bonds is 4. The van der Waals surface area contributed by atoms with Crippen LogP contribution in [0.5, 0.6) is 0 Å². The summed E-state index contributed by atoms with van der Waals surface area (Å²) in [6.07, 6.45) is 2.02. The van der Waals surface area contributed by atoms with Gasteiger partial charge in [-0.05, 0) is 35.7 Å². The molecular weight excluding hydrogens is 336 g/mol. The molecule has 1 aliphatic rings. The third kappa shape index (κ3) is 3.05. The number of aromatic nitrogens is 3. The second-order valence-corrected chi connectivity index (χ2v) is 8.37. The lowest BCUT2D eigenvalue weighted by molar-refractivity contribution is 0.553. The number of sulfone groups is 1. The average Bonchev–Trinajstić information content (AvgIpc) is 3.23. The van der Waals surface area contributed by atoms with Crippen LogP contribution in [0.1, 0.15) is 30.3 Å². The van der Waals surface area contributed by atoms with Crippen molar-refractivity contribution in [1.82, 2.24) is 20.1 Å². The van der Waals surface area contributed by atoms with Crippen molar-refractivity contribution < 1.29 is 8.42 Å². The van der Waals surface area contributed by atoms with Crippen LogP contribution in [0.3, 0.4) is 0 Å². The largest absolute Gasteiger partial charge is 0.307 e. The van der Waals surface area contributed by atoms with E-state index in [0.717, 1.165) is 35.7 Å². The molecule has 1 atom stereocenters. The Labute approximate surface area is 146 Å². The van der Waals surface area contributed by atoms with E-state index in [9.17, 15) is 8.42 Å². The summed E-state index contributed by atoms with van der Waals surface area (Å²) in [6.45, 7) is 0.927. The number of hydrogen-bond donors (Lipinski definition) is 1. The molecule has 0 amide bonds. The SMILES string of the molecule is Cn1c(C2CCCN2)nnc1S(=O)(=O)Cc1ccc2ccccc2c1. The fourth-order valence-corrected chi connectivity index (χ4v) is 4.84. The highest BCUT2D eigenvalue weighted by Gasteiger charge is 2.28. The van der Waals surface area contributed by atoms with Crippen molar-refractivity contribution in [2.75, 3.05) is 6.54 Å². The van der Waals surface area contributed by atoms with Crippen LogP contribution in [0, 0.1) is 0 Å². The molecular formula is C18H20N4O2S. The smallest absolute Gasteiger partial charge is 0.249 e. The van der Waals surface area contributed by atoms with Crippen LogP contribution in [0.15, 0.2) is 47.6 Å². The van der Waals surface area contributed by atoms with E-state index in [1.165, 1.54) is 0 Å². The van der Waals surface area contributed by atoms with Crippen LogP contribution in [0.4, 0.5) is 0 Å². The predicted molar refractivity (Wildman–Crippen MR) is 95.8 cm³/mol. The summed E-state index contributed by atoms with van der Waals surface area (Å²) >= 11 is 0. The molecule has 25 heavy (non-hydrogen) atoms. The van der Waals surface area contributed by atoms with Gasteiger partial charge in [-0.15, -0.1) is 10.2 Å². The zero-order valence-corrected chi connectivity index (χ0v) is 14.8. The van der Waals surface area contributed by atoms with E-state index < -0.39 is 9.84 Å². The maximum atomic E-state index is 12.8. The van der Waals surface area contributed by atoms with Crippen molar-refractivity contribution in [2.24, 2.45) is 7.05 Å². The minimum absolute atomic E-state index is 0.0318. The Morgan fingerprint density at radius 3 is 2.72 bits per heavy atom. The Bertz CT molecular complexity index is 1020. The average molecular weight is 356 g/mol. The highest BCUT2D eigenvalue weighted by molar-refractivity contribution is 7.90. The molecule has 2 heterocycles. The Morgan fingerprint density at radius 2 is 1.96 bits per heavy atom. The van der Waals surface area contributed by atoms with Gasteiger partial charge >= 0.3 is 0 Å². The van der Waals surface area contributed by atoms with Gasteiger partial charge in [-0.25, -0.2) is 8.42 Å². The zero-order chi connectivity index (χ0) is 17.4. The zero-order valence-electron chi connectivity index (χ0n) is 14.0. The van der Waals surface area contributed by atoms with Crippen molar-refractivity contribution in [2.45, 2.75) is 29.8 Å². The van der Waals surface area contributed by atoms with Crippen LogP contribution in [-0.2, 0) is 22.6 Å². The molecule has 1 N–H and O–H groups in total. The maximum Gasteiger partial charge on any atom is 0.249 e. The number of fused-ring (bicyclic) bond motifs is 1. The molecule has 1 unspecified atom stereocenters. The normalized spacial score (nSPS) is 18.0. The molecule has 6 nitrogen and oxygen atoms in total. The Morgan fingerprint density at radius 1 is 1.16 bits per heavy atom. The van der Waals surface area contributed by atoms with Crippen LogP contribution < -0.4 is 5.32 Å². The second-order valence-electron chi connectivity index (χ2n) is 6.49. The fraction of sp³-hybridized carbons (Fsp3) is 0.333. The lowest BCUT2D eigenvalue weighted by Gasteiger charge is -2.10. The van der Waals surface area contributed by atoms with Crippen LogP contribution >= 0.6 is 0 Å². The van der Waals surface area contributed by atoms with Gasteiger partial charge in [0.05, 0.1) is 11.8 Å². The highest BCUT2D eigenvalue weighted by Crippen LogP contribution is 2.24. The minimum Gasteiger partial charge on any atom is -0.307 e. The van der Waals surface area contributed by atoms with Gasteiger partial charge in [0.2, 0.25) is 15.0 Å². The minimum atomic E-state index is -3.56. The summed E-state index contributed by atoms with van der Waals surface area (Å²) in [6, 6.07) is 13.7. The fourth-order valence-electron chi connectivity index (χ4n) is 3.42. The van der Waals surface area contributed by atoms with Crippen molar-refractivity contribution in [3.8, 4) is 0 Å². The highest BCUT2D eigenvalue weighted by atomic mass is 32.2. The third-order valence-electron chi connectivity index (χ3n) is 4.69. The van der Waals surface area contributed by atoms with Gasteiger partial charge in [-0.2, -0.15) is 0 Å². The first-order valence-electron chi connectivity index (χ1n) is 8.38. The van der Waals surface area contributed by atoms with Crippen molar-refractivity contribution in [3.05, 3.63) is 53.9 Å². The summed E-state index contributed by atoms with van der Waals surface area (Å²) in [5.41, 5.74) is 0.752. The predicted octanol–water partition coefficient (Wildman–Crippen LogP) is 2.37. The van der Waals surface area contributed by atoms with E-state index in [1.54, 1.807) is 11.6 Å². The van der Waals surface area contributed by atoms with Gasteiger partial charge < -0.3 is 9.88 Å². The molecule has 1 fully saturated rings. The van der Waals surface area contributed by atoms with Crippen molar-refractivity contribution in [1.29, 1.82) is 0 Å². The lowest BCUT2D eigenvalue weighted by atomic mass is 10.1. The van der Waals surface area contributed by atoms with Gasteiger partial charge in [0.1, 0.15) is 0 Å². The standard InChI is InChI=1S/C18H20N4O2S/c1-22-17(16-7-4-10-19-16)20-21-18(22)25(23,24)12-13-8-9-14-5-2-3-6-15(14)11-13/h2-3,5-6,8-9,11,16,19H,4,7,10,12H2,1H3. The molecule has 0 bridgehead atoms. The Balaban J connectivity index is 1.64. The van der Waals surface area contributed by atoms with Crippen LogP contribution in [0.2, 0.25) is 0 Å². The summed E-state index contributed by atoms with van der Waals surface area (Å²) in [5, 5.41) is 13.6. The van der Waals surface area contributed by atoms with Crippen LogP contribution in [0.25, 0.3) is 10.8 Å². The Hall–Kier alpha value is -2.25. The van der Waals surface area contributed by atoms with Gasteiger partial charge in [0.25, 0.3) is 0 Å². The van der Waals surface area contributed by atoms with Crippen LogP contribution in [-0.4, -0.2) is 29.7 Å². The van der Waals surface area contributed by atoms with Gasteiger partial charge in [0, 0.05) is 7.05 Å². The van der Waals surface area contributed by atoms with E-state index in [0.29, 0.717) is 5.82 Å². The molecule has 0 radical (unpaired) electrons. The van der Waals surface area contributed by atoms with Crippen molar-refractivity contribution >= 4 is 20.6 Å². The second kappa shape index (κ2) is 6.24. The number of benzene rings is 2. The molecule has 3 aromatic rings. The summed E-state index contributed by atoms with van der Waals surface area (Å²) < 4.78 is 27.3. The van der Waals surface area contributed by atoms with E-state index >= 15 is 0 Å². The molecule has 7 heteroatoms. The van der Waals surface area contributed by atoms with E-state index in [-0.39, 0.29) is 17.0 Å². The third-order valence-corrected chi connectivity index (χ3v) is 6.31. The summed E-state index contributed by atoms with van der Waals surface area (Å²) in [5.74, 6) is 0.608. The van der Waals surface area contributed by atoms with Gasteiger partial charge in [-0.3, -0.25) is 0 Å². The molecule has 1 aliphatic heterocycles. The first-order valence-corrected chi connectivity index (χ1v) is 10.0. The lowest BCUT2D eigenvalue weighted by Crippen LogP contribution is -2.18. The van der Waals surface area contributed by atoms with E-state index in [4.69, 9.17) is 0 Å². The molecule has 0 aliphatic carbocycles. The number of nitrogens with one attached hydrogen (secondary N) is 1. The number of nitrogens with zero attached hydrogens (tertiary/aromatic N) is 3. The van der Waals surface area contributed by atoms with Gasteiger partial charge in [0.15, 0.2) is 5.82 Å².